The number of piperidine rings is 1. The molecule has 0 spiro atoms. The number of nitrogens with zero attached hydrogens (tertiary/aromatic N) is 3. The zero-order chi connectivity index (χ0) is 20.1. The lowest BCUT2D eigenvalue weighted by atomic mass is 9.92. The number of benzene rings is 1. The lowest BCUT2D eigenvalue weighted by molar-refractivity contribution is -0.121. The molecule has 2 aromatic heterocycles. The molecule has 1 atom stereocenters. The molecule has 1 aliphatic rings. The number of hydrogen-bond donors (Lipinski definition) is 1. The summed E-state index contributed by atoms with van der Waals surface area (Å²) in [6.45, 7) is 6.04. The molecular formula is C24H30N4O. The van der Waals surface area contributed by atoms with Crippen molar-refractivity contribution in [1.29, 1.82) is 0 Å². The van der Waals surface area contributed by atoms with Gasteiger partial charge in [-0.3, -0.25) is 4.79 Å². The molecule has 1 fully saturated rings. The van der Waals surface area contributed by atoms with Gasteiger partial charge < -0.3 is 14.6 Å². The summed E-state index contributed by atoms with van der Waals surface area (Å²) in [6.07, 6.45) is 8.27. The van der Waals surface area contributed by atoms with Crippen LogP contribution in [-0.2, 0) is 4.79 Å². The number of pyridine rings is 1. The van der Waals surface area contributed by atoms with E-state index in [0.29, 0.717) is 13.0 Å². The van der Waals surface area contributed by atoms with Crippen LogP contribution in [0.5, 0.6) is 0 Å². The van der Waals surface area contributed by atoms with Crippen LogP contribution in [-0.4, -0.2) is 46.4 Å². The number of likely N-dealkylation sites (tertiary alicyclic amines) is 1. The number of amides is 1. The number of aryl methyl sites for hydroxylation is 1. The molecule has 4 rings (SSSR count). The summed E-state index contributed by atoms with van der Waals surface area (Å²) in [5.74, 6) is 0.0711. The molecule has 0 saturated carbocycles. The average Bonchev–Trinajstić information content (AvgIpc) is 3.16. The van der Waals surface area contributed by atoms with E-state index in [2.05, 4.69) is 57.0 Å². The molecule has 1 unspecified atom stereocenters. The van der Waals surface area contributed by atoms with Gasteiger partial charge in [0.05, 0.1) is 5.69 Å². The zero-order valence-corrected chi connectivity index (χ0v) is 17.2. The SMILES string of the molecule is Cc1ccn2c(C(CC(=O)NCCN3CCCCC3)c3ccccc3)cnc2c1. The van der Waals surface area contributed by atoms with Crippen molar-refractivity contribution in [2.24, 2.45) is 0 Å². The van der Waals surface area contributed by atoms with Crippen LogP contribution < -0.4 is 5.32 Å². The van der Waals surface area contributed by atoms with E-state index < -0.39 is 0 Å². The van der Waals surface area contributed by atoms with E-state index >= 15 is 0 Å². The zero-order valence-electron chi connectivity index (χ0n) is 17.2. The van der Waals surface area contributed by atoms with Gasteiger partial charge in [-0.1, -0.05) is 36.8 Å². The second-order valence-electron chi connectivity index (χ2n) is 8.04. The van der Waals surface area contributed by atoms with Gasteiger partial charge in [0.2, 0.25) is 5.91 Å². The molecule has 0 radical (unpaired) electrons. The number of hydrogen-bond acceptors (Lipinski definition) is 3. The third-order valence-corrected chi connectivity index (χ3v) is 5.84. The van der Waals surface area contributed by atoms with Crippen LogP contribution in [0.3, 0.4) is 0 Å². The quantitative estimate of drug-likeness (QED) is 0.668. The summed E-state index contributed by atoms with van der Waals surface area (Å²) in [7, 11) is 0. The smallest absolute Gasteiger partial charge is 0.221 e. The van der Waals surface area contributed by atoms with Gasteiger partial charge in [-0.25, -0.2) is 4.98 Å². The molecule has 5 nitrogen and oxygen atoms in total. The summed E-state index contributed by atoms with van der Waals surface area (Å²) in [5.41, 5.74) is 4.30. The second kappa shape index (κ2) is 9.23. The highest BCUT2D eigenvalue weighted by Crippen LogP contribution is 2.28. The van der Waals surface area contributed by atoms with Gasteiger partial charge in [-0.05, 0) is 56.1 Å². The molecule has 3 heterocycles. The minimum absolute atomic E-state index is 0.0242. The van der Waals surface area contributed by atoms with Gasteiger partial charge in [0.1, 0.15) is 5.65 Å². The Morgan fingerprint density at radius 1 is 1.14 bits per heavy atom. The number of rotatable bonds is 7. The molecule has 152 valence electrons. The van der Waals surface area contributed by atoms with Crippen LogP contribution in [0.15, 0.2) is 54.9 Å². The third-order valence-electron chi connectivity index (χ3n) is 5.84. The van der Waals surface area contributed by atoms with Crippen molar-refractivity contribution in [3.8, 4) is 0 Å². The third kappa shape index (κ3) is 4.85. The highest BCUT2D eigenvalue weighted by molar-refractivity contribution is 5.77. The minimum atomic E-state index is -0.0242. The maximum absolute atomic E-state index is 12.8. The Hall–Kier alpha value is -2.66. The Labute approximate surface area is 172 Å². The van der Waals surface area contributed by atoms with E-state index in [0.717, 1.165) is 36.5 Å². The van der Waals surface area contributed by atoms with Crippen molar-refractivity contribution in [2.75, 3.05) is 26.2 Å². The van der Waals surface area contributed by atoms with Crippen LogP contribution in [0, 0.1) is 6.92 Å². The summed E-state index contributed by atoms with van der Waals surface area (Å²) in [6, 6.07) is 14.4. The maximum atomic E-state index is 12.8. The van der Waals surface area contributed by atoms with E-state index in [9.17, 15) is 4.79 Å². The number of imidazole rings is 1. The van der Waals surface area contributed by atoms with E-state index in [-0.39, 0.29) is 11.8 Å². The summed E-state index contributed by atoms with van der Waals surface area (Å²) >= 11 is 0. The Morgan fingerprint density at radius 2 is 1.93 bits per heavy atom. The van der Waals surface area contributed by atoms with Gasteiger partial charge in [0.15, 0.2) is 0 Å². The first kappa shape index (κ1) is 19.6. The number of aromatic nitrogens is 2. The van der Waals surface area contributed by atoms with Crippen molar-refractivity contribution in [3.63, 3.8) is 0 Å². The molecular weight excluding hydrogens is 360 g/mol. The van der Waals surface area contributed by atoms with Gasteiger partial charge in [0, 0.05) is 37.8 Å². The number of carbonyl (C=O) groups is 1. The highest BCUT2D eigenvalue weighted by atomic mass is 16.1. The largest absolute Gasteiger partial charge is 0.355 e. The lowest BCUT2D eigenvalue weighted by Gasteiger charge is -2.26. The first-order valence-corrected chi connectivity index (χ1v) is 10.7. The van der Waals surface area contributed by atoms with E-state index in [4.69, 9.17) is 0 Å². The molecule has 29 heavy (non-hydrogen) atoms. The van der Waals surface area contributed by atoms with Crippen LogP contribution in [0.25, 0.3) is 5.65 Å². The monoisotopic (exact) mass is 390 g/mol. The second-order valence-corrected chi connectivity index (χ2v) is 8.04. The minimum Gasteiger partial charge on any atom is -0.355 e. The Balaban J connectivity index is 1.48. The Bertz CT molecular complexity index is 944. The van der Waals surface area contributed by atoms with E-state index in [1.165, 1.54) is 24.8 Å². The highest BCUT2D eigenvalue weighted by Gasteiger charge is 2.22. The van der Waals surface area contributed by atoms with Crippen molar-refractivity contribution in [1.82, 2.24) is 19.6 Å². The van der Waals surface area contributed by atoms with Crippen LogP contribution in [0.2, 0.25) is 0 Å². The average molecular weight is 391 g/mol. The molecule has 1 amide bonds. The maximum Gasteiger partial charge on any atom is 0.221 e. The van der Waals surface area contributed by atoms with Gasteiger partial charge in [0.25, 0.3) is 0 Å². The topological polar surface area (TPSA) is 49.6 Å². The molecule has 0 bridgehead atoms. The summed E-state index contributed by atoms with van der Waals surface area (Å²) < 4.78 is 2.10. The molecule has 1 aliphatic heterocycles. The summed E-state index contributed by atoms with van der Waals surface area (Å²) in [5, 5.41) is 3.14. The van der Waals surface area contributed by atoms with Crippen LogP contribution >= 0.6 is 0 Å². The van der Waals surface area contributed by atoms with E-state index in [1.54, 1.807) is 0 Å². The predicted octanol–water partition coefficient (Wildman–Crippen LogP) is 3.77. The van der Waals surface area contributed by atoms with Crippen molar-refractivity contribution >= 4 is 11.6 Å². The molecule has 1 N–H and O–H groups in total. The first-order chi connectivity index (χ1) is 14.2. The normalized spacial score (nSPS) is 16.0. The van der Waals surface area contributed by atoms with Crippen LogP contribution in [0.1, 0.15) is 48.4 Å². The summed E-state index contributed by atoms with van der Waals surface area (Å²) in [4.78, 5) is 19.8. The fourth-order valence-electron chi connectivity index (χ4n) is 4.23. The van der Waals surface area contributed by atoms with E-state index in [1.807, 2.05) is 24.4 Å². The molecule has 0 aliphatic carbocycles. The molecule has 1 aromatic carbocycles. The molecule has 1 saturated heterocycles. The fraction of sp³-hybridized carbons (Fsp3) is 0.417. The van der Waals surface area contributed by atoms with Crippen molar-refractivity contribution in [3.05, 3.63) is 71.7 Å². The number of fused-ring (bicyclic) bond motifs is 1. The lowest BCUT2D eigenvalue weighted by Crippen LogP contribution is -2.38. The number of nitrogens with one attached hydrogen (secondary N) is 1. The Kier molecular flexibility index (Phi) is 6.25. The fourth-order valence-corrected chi connectivity index (χ4v) is 4.23. The van der Waals surface area contributed by atoms with Gasteiger partial charge >= 0.3 is 0 Å². The van der Waals surface area contributed by atoms with Crippen molar-refractivity contribution in [2.45, 2.75) is 38.5 Å². The molecule has 5 heteroatoms. The Morgan fingerprint density at radius 3 is 2.72 bits per heavy atom. The number of carbonyl (C=O) groups excluding carboxylic acids is 1. The predicted molar refractivity (Wildman–Crippen MR) is 116 cm³/mol. The van der Waals surface area contributed by atoms with Crippen molar-refractivity contribution < 1.29 is 4.79 Å². The standard InChI is InChI=1S/C24H30N4O/c1-19-10-14-28-22(18-26-23(28)16-19)21(20-8-4-2-5-9-20)17-24(29)25-11-15-27-12-6-3-7-13-27/h2,4-5,8-10,14,16,18,21H,3,6-7,11-13,15,17H2,1H3,(H,25,29). The molecule has 3 aromatic rings. The van der Waals surface area contributed by atoms with Gasteiger partial charge in [-0.15, -0.1) is 0 Å². The van der Waals surface area contributed by atoms with Crippen LogP contribution in [0.4, 0.5) is 0 Å². The van der Waals surface area contributed by atoms with Gasteiger partial charge in [-0.2, -0.15) is 0 Å². The first-order valence-electron chi connectivity index (χ1n) is 10.7.